The van der Waals surface area contributed by atoms with Gasteiger partial charge < -0.3 is 10.1 Å². The molecule has 6 nitrogen and oxygen atoms in total. The third-order valence-electron chi connectivity index (χ3n) is 3.55. The van der Waals surface area contributed by atoms with Crippen LogP contribution < -0.4 is 10.1 Å². The lowest BCUT2D eigenvalue weighted by atomic mass is 10.1. The maximum Gasteiger partial charge on any atom is 0.416 e. The number of nitrogens with zero attached hydrogens (tertiary/aromatic N) is 1. The van der Waals surface area contributed by atoms with Gasteiger partial charge in [-0.25, -0.2) is 0 Å². The van der Waals surface area contributed by atoms with Gasteiger partial charge in [0.15, 0.2) is 5.75 Å². The summed E-state index contributed by atoms with van der Waals surface area (Å²) in [7, 11) is 0. The van der Waals surface area contributed by atoms with Gasteiger partial charge in [0.25, 0.3) is 0 Å². The van der Waals surface area contributed by atoms with Gasteiger partial charge in [0, 0.05) is 17.8 Å². The van der Waals surface area contributed by atoms with Crippen molar-refractivity contribution in [3.8, 4) is 5.75 Å². The molecule has 148 valence electrons. The van der Waals surface area contributed by atoms with Gasteiger partial charge in [-0.15, -0.1) is 0 Å². The Balaban J connectivity index is 2.07. The third kappa shape index (κ3) is 5.83. The number of nitro benzene ring substituents is 1. The zero-order chi connectivity index (χ0) is 20.7. The lowest BCUT2D eigenvalue weighted by Gasteiger charge is -2.08. The Morgan fingerprint density at radius 2 is 1.89 bits per heavy atom. The van der Waals surface area contributed by atoms with Crippen molar-refractivity contribution in [2.45, 2.75) is 19.5 Å². The quantitative estimate of drug-likeness (QED) is 0.405. The van der Waals surface area contributed by atoms with E-state index in [1.807, 2.05) is 6.92 Å². The van der Waals surface area contributed by atoms with Crippen LogP contribution in [-0.2, 0) is 11.0 Å². The van der Waals surface area contributed by atoms with Crippen molar-refractivity contribution in [2.24, 2.45) is 0 Å². The molecule has 2 rings (SSSR count). The van der Waals surface area contributed by atoms with E-state index in [0.717, 1.165) is 30.3 Å². The molecule has 0 spiro atoms. The van der Waals surface area contributed by atoms with E-state index >= 15 is 0 Å². The Morgan fingerprint density at radius 1 is 1.21 bits per heavy atom. The third-order valence-corrected chi connectivity index (χ3v) is 3.55. The van der Waals surface area contributed by atoms with Crippen molar-refractivity contribution in [2.75, 3.05) is 11.9 Å². The number of nitro groups is 1. The van der Waals surface area contributed by atoms with E-state index in [1.165, 1.54) is 18.2 Å². The number of benzene rings is 2. The molecule has 0 radical (unpaired) electrons. The van der Waals surface area contributed by atoms with Crippen LogP contribution >= 0.6 is 0 Å². The molecule has 2 aromatic carbocycles. The average molecular weight is 394 g/mol. The first kappa shape index (κ1) is 20.9. The lowest BCUT2D eigenvalue weighted by molar-refractivity contribution is -0.385. The molecule has 0 atom stereocenters. The normalized spacial score (nSPS) is 11.4. The monoisotopic (exact) mass is 394 g/mol. The molecule has 0 saturated heterocycles. The number of nitrogens with one attached hydrogen (secondary N) is 1. The van der Waals surface area contributed by atoms with E-state index in [4.69, 9.17) is 4.74 Å². The van der Waals surface area contributed by atoms with Crippen LogP contribution in [0.3, 0.4) is 0 Å². The summed E-state index contributed by atoms with van der Waals surface area (Å²) in [5.41, 5.74) is -0.451. The number of hydrogen-bond donors (Lipinski definition) is 1. The zero-order valence-electron chi connectivity index (χ0n) is 14.8. The number of hydrogen-bond acceptors (Lipinski definition) is 4. The van der Waals surface area contributed by atoms with E-state index in [2.05, 4.69) is 5.32 Å². The molecule has 1 amide bonds. The molecule has 0 aliphatic rings. The summed E-state index contributed by atoms with van der Waals surface area (Å²) in [6.07, 6.45) is -1.27. The van der Waals surface area contributed by atoms with Crippen molar-refractivity contribution in [3.05, 3.63) is 69.8 Å². The number of halogens is 3. The molecule has 2 aromatic rings. The van der Waals surface area contributed by atoms with Crippen LogP contribution in [0.1, 0.15) is 24.5 Å². The van der Waals surface area contributed by atoms with Gasteiger partial charge in [-0.05, 0) is 48.4 Å². The van der Waals surface area contributed by atoms with Crippen LogP contribution in [0.15, 0.2) is 48.5 Å². The SMILES string of the molecule is CCCOc1ccc(/C=C/C(=O)Nc2ccc(C(F)(F)F)cc2)cc1[N+](=O)[O-]. The van der Waals surface area contributed by atoms with Gasteiger partial charge in [-0.1, -0.05) is 13.0 Å². The number of alkyl halides is 3. The largest absolute Gasteiger partial charge is 0.487 e. The highest BCUT2D eigenvalue weighted by Crippen LogP contribution is 2.30. The smallest absolute Gasteiger partial charge is 0.416 e. The van der Waals surface area contributed by atoms with Crippen molar-refractivity contribution in [3.63, 3.8) is 0 Å². The second kappa shape index (κ2) is 9.03. The molecule has 0 bridgehead atoms. The van der Waals surface area contributed by atoms with Gasteiger partial charge in [-0.3, -0.25) is 14.9 Å². The molecular weight excluding hydrogens is 377 g/mol. The minimum Gasteiger partial charge on any atom is -0.487 e. The first-order chi connectivity index (χ1) is 13.2. The molecule has 28 heavy (non-hydrogen) atoms. The highest BCUT2D eigenvalue weighted by molar-refractivity contribution is 6.01. The lowest BCUT2D eigenvalue weighted by Crippen LogP contribution is -2.09. The number of ether oxygens (including phenoxy) is 1. The standard InChI is InChI=1S/C19H17F3N2O4/c1-2-11-28-17-9-3-13(12-16(17)24(26)27)4-10-18(25)23-15-7-5-14(6-8-15)19(20,21)22/h3-10,12H,2,11H2,1H3,(H,23,25)/b10-4+. The van der Waals surface area contributed by atoms with Gasteiger partial charge >= 0.3 is 11.9 Å². The fraction of sp³-hybridized carbons (Fsp3) is 0.211. The topological polar surface area (TPSA) is 81.5 Å². The van der Waals surface area contributed by atoms with Crippen LogP contribution in [0, 0.1) is 10.1 Å². The van der Waals surface area contributed by atoms with Crippen LogP contribution in [-0.4, -0.2) is 17.4 Å². The van der Waals surface area contributed by atoms with E-state index in [-0.39, 0.29) is 17.1 Å². The van der Waals surface area contributed by atoms with E-state index < -0.39 is 22.6 Å². The van der Waals surface area contributed by atoms with E-state index in [0.29, 0.717) is 18.6 Å². The minimum absolute atomic E-state index is 0.137. The summed E-state index contributed by atoms with van der Waals surface area (Å²) in [4.78, 5) is 22.5. The van der Waals surface area contributed by atoms with E-state index in [9.17, 15) is 28.1 Å². The Kier molecular flexibility index (Phi) is 6.75. The number of carbonyl (C=O) groups excluding carboxylic acids is 1. The number of rotatable bonds is 7. The van der Waals surface area contributed by atoms with Crippen LogP contribution in [0.4, 0.5) is 24.5 Å². The summed E-state index contributed by atoms with van der Waals surface area (Å²) in [5, 5.41) is 13.6. The minimum atomic E-state index is -4.45. The number of carbonyl (C=O) groups is 1. The predicted octanol–water partition coefficient (Wildman–Crippen LogP) is 5.05. The molecule has 0 saturated carbocycles. The Labute approximate surface area is 158 Å². The highest BCUT2D eigenvalue weighted by Gasteiger charge is 2.29. The van der Waals surface area contributed by atoms with Crippen LogP contribution in [0.25, 0.3) is 6.08 Å². The number of anilines is 1. The predicted molar refractivity (Wildman–Crippen MR) is 98.0 cm³/mol. The Bertz CT molecular complexity index is 878. The van der Waals surface area contributed by atoms with Crippen LogP contribution in [0.2, 0.25) is 0 Å². The molecular formula is C19H17F3N2O4. The summed E-state index contributed by atoms with van der Waals surface area (Å²) >= 11 is 0. The zero-order valence-corrected chi connectivity index (χ0v) is 14.8. The molecule has 0 unspecified atom stereocenters. The van der Waals surface area contributed by atoms with Gasteiger partial charge in [-0.2, -0.15) is 13.2 Å². The second-order valence-corrected chi connectivity index (χ2v) is 5.73. The molecule has 0 fully saturated rings. The fourth-order valence-corrected chi connectivity index (χ4v) is 2.21. The fourth-order valence-electron chi connectivity index (χ4n) is 2.21. The summed E-state index contributed by atoms with van der Waals surface area (Å²) < 4.78 is 42.9. The molecule has 0 aliphatic carbocycles. The van der Waals surface area contributed by atoms with Crippen molar-refractivity contribution in [1.29, 1.82) is 0 Å². The summed E-state index contributed by atoms with van der Waals surface area (Å²) in [5.74, 6) is -0.452. The van der Waals surface area contributed by atoms with E-state index in [1.54, 1.807) is 6.07 Å². The van der Waals surface area contributed by atoms with Gasteiger partial charge in [0.2, 0.25) is 5.91 Å². The van der Waals surface area contributed by atoms with Crippen molar-refractivity contribution >= 4 is 23.4 Å². The Morgan fingerprint density at radius 3 is 2.46 bits per heavy atom. The molecule has 0 heterocycles. The first-order valence-corrected chi connectivity index (χ1v) is 8.28. The second-order valence-electron chi connectivity index (χ2n) is 5.73. The summed E-state index contributed by atoms with van der Waals surface area (Å²) in [6.45, 7) is 2.21. The van der Waals surface area contributed by atoms with Gasteiger partial charge in [0.1, 0.15) is 0 Å². The first-order valence-electron chi connectivity index (χ1n) is 8.28. The average Bonchev–Trinajstić information content (AvgIpc) is 2.64. The van der Waals surface area contributed by atoms with Crippen molar-refractivity contribution < 1.29 is 27.6 Å². The highest BCUT2D eigenvalue weighted by atomic mass is 19.4. The number of amides is 1. The molecule has 0 aliphatic heterocycles. The summed E-state index contributed by atoms with van der Waals surface area (Å²) in [6, 6.07) is 8.27. The van der Waals surface area contributed by atoms with Crippen molar-refractivity contribution in [1.82, 2.24) is 0 Å². The molecule has 0 aromatic heterocycles. The molecule has 1 N–H and O–H groups in total. The maximum atomic E-state index is 12.5. The maximum absolute atomic E-state index is 12.5. The van der Waals surface area contributed by atoms with Gasteiger partial charge in [0.05, 0.1) is 17.1 Å². The Hall–Kier alpha value is -3.36. The molecule has 9 heteroatoms. The van der Waals surface area contributed by atoms with Crippen LogP contribution in [0.5, 0.6) is 5.75 Å².